The number of amides is 1. The van der Waals surface area contributed by atoms with E-state index in [1.165, 1.54) is 19.3 Å². The first-order chi connectivity index (χ1) is 10.2. The van der Waals surface area contributed by atoms with Crippen LogP contribution in [0.15, 0.2) is 0 Å². The fraction of sp³-hybridized carbons (Fsp3) is 0.643. The number of hydrogen-bond acceptors (Lipinski definition) is 5. The summed E-state index contributed by atoms with van der Waals surface area (Å²) in [5, 5.41) is 15.2. The van der Waals surface area contributed by atoms with E-state index in [9.17, 15) is 4.79 Å². The number of anilines is 1. The number of rotatable bonds is 3. The minimum Gasteiger partial charge on any atom is -0.274 e. The third-order valence-electron chi connectivity index (χ3n) is 4.41. The highest BCUT2D eigenvalue weighted by molar-refractivity contribution is 6.28. The van der Waals surface area contributed by atoms with Gasteiger partial charge in [0.1, 0.15) is 0 Å². The molecule has 2 aliphatic rings. The minimum atomic E-state index is -0.172. The molecule has 1 amide bonds. The van der Waals surface area contributed by atoms with Crippen molar-refractivity contribution in [1.29, 1.82) is 0 Å². The summed E-state index contributed by atoms with van der Waals surface area (Å²) in [4.78, 5) is 14.0. The van der Waals surface area contributed by atoms with Crippen LogP contribution in [0.5, 0.6) is 0 Å². The molecule has 0 spiro atoms. The van der Waals surface area contributed by atoms with Crippen molar-refractivity contribution < 1.29 is 4.79 Å². The molecule has 0 saturated heterocycles. The van der Waals surface area contributed by atoms with E-state index in [4.69, 9.17) is 18.0 Å². The minimum absolute atomic E-state index is 0.0256. The first-order valence-electron chi connectivity index (χ1n) is 7.15. The van der Waals surface area contributed by atoms with Crippen LogP contribution in [0.4, 0.5) is 5.95 Å². The summed E-state index contributed by atoms with van der Waals surface area (Å²) in [6.07, 6.45) is 11.0. The van der Waals surface area contributed by atoms with Crippen LogP contribution in [-0.4, -0.2) is 32.3 Å². The summed E-state index contributed by atoms with van der Waals surface area (Å²) in [5.41, 5.74) is 0. The Kier molecular flexibility index (Phi) is 4.02. The van der Waals surface area contributed by atoms with Crippen LogP contribution in [0.25, 0.3) is 0 Å². The molecular formula is C14H16ClN5O. The van der Waals surface area contributed by atoms with E-state index in [0.29, 0.717) is 11.8 Å². The maximum atomic E-state index is 12.4. The van der Waals surface area contributed by atoms with Crippen molar-refractivity contribution in [3.05, 3.63) is 5.28 Å². The average Bonchev–Trinajstić information content (AvgIpc) is 2.80. The van der Waals surface area contributed by atoms with Crippen LogP contribution in [0, 0.1) is 24.2 Å². The molecular weight excluding hydrogens is 290 g/mol. The van der Waals surface area contributed by atoms with Crippen LogP contribution < -0.4 is 4.90 Å². The zero-order valence-electron chi connectivity index (χ0n) is 11.6. The lowest BCUT2D eigenvalue weighted by atomic mass is 9.84. The SMILES string of the molecule is C#CCC(=O)N(c1nnc(Cl)nn1)[C@H]1CC2CC[C@@H](C2)C1. The Hall–Kier alpha value is -1.74. The van der Waals surface area contributed by atoms with E-state index >= 15 is 0 Å². The Labute approximate surface area is 128 Å². The Morgan fingerprint density at radius 1 is 1.19 bits per heavy atom. The molecule has 7 heteroatoms. The van der Waals surface area contributed by atoms with Crippen LogP contribution >= 0.6 is 11.6 Å². The van der Waals surface area contributed by atoms with Crippen molar-refractivity contribution in [3.8, 4) is 12.3 Å². The van der Waals surface area contributed by atoms with Gasteiger partial charge in [-0.15, -0.1) is 26.8 Å². The molecule has 0 radical (unpaired) electrons. The molecule has 1 aromatic heterocycles. The number of nitrogens with zero attached hydrogens (tertiary/aromatic N) is 5. The first-order valence-corrected chi connectivity index (χ1v) is 7.53. The third-order valence-corrected chi connectivity index (χ3v) is 4.56. The number of terminal acetylenes is 1. The molecule has 110 valence electrons. The second-order valence-electron chi connectivity index (χ2n) is 5.78. The van der Waals surface area contributed by atoms with Crippen LogP contribution in [-0.2, 0) is 4.79 Å². The first kappa shape index (κ1) is 14.2. The topological polar surface area (TPSA) is 71.9 Å². The Morgan fingerprint density at radius 2 is 1.81 bits per heavy atom. The van der Waals surface area contributed by atoms with Gasteiger partial charge in [0.25, 0.3) is 11.2 Å². The molecule has 1 aromatic rings. The normalized spacial score (nSPS) is 27.1. The van der Waals surface area contributed by atoms with Gasteiger partial charge in [0.05, 0.1) is 6.42 Å². The third kappa shape index (κ3) is 2.98. The highest BCUT2D eigenvalue weighted by atomic mass is 35.5. The van der Waals surface area contributed by atoms with Crippen molar-refractivity contribution in [2.75, 3.05) is 4.90 Å². The van der Waals surface area contributed by atoms with Crippen LogP contribution in [0.2, 0.25) is 5.28 Å². The predicted molar refractivity (Wildman–Crippen MR) is 77.4 cm³/mol. The van der Waals surface area contributed by atoms with Gasteiger partial charge in [0.15, 0.2) is 0 Å². The number of carbonyl (C=O) groups excluding carboxylic acids is 1. The van der Waals surface area contributed by atoms with E-state index in [1.807, 2.05) is 0 Å². The van der Waals surface area contributed by atoms with E-state index < -0.39 is 0 Å². The van der Waals surface area contributed by atoms with Gasteiger partial charge in [-0.2, -0.15) is 0 Å². The number of halogens is 1. The zero-order chi connectivity index (χ0) is 14.8. The number of carbonyl (C=O) groups is 1. The summed E-state index contributed by atoms with van der Waals surface area (Å²) in [6.45, 7) is 0. The van der Waals surface area contributed by atoms with Gasteiger partial charge < -0.3 is 0 Å². The standard InChI is InChI=1S/C14H16ClN5O/c1-2-3-12(21)20(14-18-16-13(15)17-19-14)11-7-9-4-5-10(6-9)8-11/h1,9-11H,3-8H2/t9-,10?,11+/m0/s1. The number of aromatic nitrogens is 4. The van der Waals surface area contributed by atoms with Gasteiger partial charge in [-0.1, -0.05) is 18.8 Å². The van der Waals surface area contributed by atoms with Gasteiger partial charge in [0, 0.05) is 6.04 Å². The van der Waals surface area contributed by atoms with Gasteiger partial charge in [-0.3, -0.25) is 9.69 Å². The quantitative estimate of drug-likeness (QED) is 0.797. The van der Waals surface area contributed by atoms with E-state index in [0.717, 1.165) is 12.8 Å². The Balaban J connectivity index is 1.87. The van der Waals surface area contributed by atoms with Crippen molar-refractivity contribution in [2.45, 2.75) is 44.6 Å². The summed E-state index contributed by atoms with van der Waals surface area (Å²) < 4.78 is 0. The van der Waals surface area contributed by atoms with Gasteiger partial charge in [-0.25, -0.2) is 0 Å². The van der Waals surface area contributed by atoms with Gasteiger partial charge in [0.2, 0.25) is 5.91 Å². The highest BCUT2D eigenvalue weighted by Crippen LogP contribution is 2.44. The van der Waals surface area contributed by atoms with Crippen LogP contribution in [0.3, 0.4) is 0 Å². The summed E-state index contributed by atoms with van der Waals surface area (Å²) in [5.74, 6) is 3.79. The molecule has 2 saturated carbocycles. The van der Waals surface area contributed by atoms with Crippen molar-refractivity contribution >= 4 is 23.5 Å². The molecule has 0 aromatic carbocycles. The van der Waals surface area contributed by atoms with Gasteiger partial charge >= 0.3 is 0 Å². The van der Waals surface area contributed by atoms with Crippen molar-refractivity contribution in [3.63, 3.8) is 0 Å². The lowest BCUT2D eigenvalue weighted by molar-refractivity contribution is -0.118. The molecule has 3 atom stereocenters. The second-order valence-corrected chi connectivity index (χ2v) is 6.12. The summed E-state index contributed by atoms with van der Waals surface area (Å²) in [6, 6.07) is 0.0851. The highest BCUT2D eigenvalue weighted by Gasteiger charge is 2.39. The fourth-order valence-electron chi connectivity index (χ4n) is 3.64. The van der Waals surface area contributed by atoms with Gasteiger partial charge in [-0.05, 0) is 42.7 Å². The predicted octanol–water partition coefficient (Wildman–Crippen LogP) is 1.85. The van der Waals surface area contributed by atoms with E-state index in [2.05, 4.69) is 26.3 Å². The van der Waals surface area contributed by atoms with Crippen molar-refractivity contribution in [2.24, 2.45) is 11.8 Å². The molecule has 21 heavy (non-hydrogen) atoms. The van der Waals surface area contributed by atoms with Crippen molar-refractivity contribution in [1.82, 2.24) is 20.4 Å². The number of fused-ring (bicyclic) bond motifs is 2. The Morgan fingerprint density at radius 3 is 2.38 bits per heavy atom. The average molecular weight is 306 g/mol. The molecule has 2 bridgehead atoms. The molecule has 2 fully saturated rings. The molecule has 0 N–H and O–H groups in total. The molecule has 1 unspecified atom stereocenters. The molecule has 2 aliphatic carbocycles. The molecule has 6 nitrogen and oxygen atoms in total. The molecule has 0 aliphatic heterocycles. The smallest absolute Gasteiger partial charge is 0.271 e. The Bertz CT molecular complexity index is 558. The largest absolute Gasteiger partial charge is 0.274 e. The summed E-state index contributed by atoms with van der Waals surface area (Å²) >= 11 is 5.62. The maximum absolute atomic E-state index is 12.4. The van der Waals surface area contributed by atoms with E-state index in [-0.39, 0.29) is 29.6 Å². The van der Waals surface area contributed by atoms with E-state index in [1.54, 1.807) is 4.90 Å². The monoisotopic (exact) mass is 305 g/mol. The molecule has 1 heterocycles. The number of hydrogen-bond donors (Lipinski definition) is 0. The maximum Gasteiger partial charge on any atom is 0.271 e. The second kappa shape index (κ2) is 5.94. The fourth-order valence-corrected chi connectivity index (χ4v) is 3.72. The van der Waals surface area contributed by atoms with Crippen LogP contribution in [0.1, 0.15) is 38.5 Å². The molecule has 3 rings (SSSR count). The lowest BCUT2D eigenvalue weighted by Crippen LogP contribution is -2.44. The summed E-state index contributed by atoms with van der Waals surface area (Å²) in [7, 11) is 0. The zero-order valence-corrected chi connectivity index (χ0v) is 12.3. The lowest BCUT2D eigenvalue weighted by Gasteiger charge is -2.35.